The number of hydrogen-bond donors (Lipinski definition) is 1. The molecule has 0 fully saturated rings. The Balaban J connectivity index is 1.72. The minimum Gasteiger partial charge on any atom is -0.366 e. The Labute approximate surface area is 139 Å². The molecule has 24 heavy (non-hydrogen) atoms. The molecule has 0 bridgehead atoms. The maximum absolute atomic E-state index is 11.3. The molecule has 5 heteroatoms. The second kappa shape index (κ2) is 7.04. The van der Waals surface area contributed by atoms with Gasteiger partial charge in [-0.2, -0.15) is 4.79 Å². The molecular weight excluding hydrogens is 302 g/mol. The zero-order valence-electron chi connectivity index (χ0n) is 13.1. The van der Waals surface area contributed by atoms with Gasteiger partial charge in [0.2, 0.25) is 5.91 Å². The molecule has 0 radical (unpaired) electrons. The first-order chi connectivity index (χ1) is 11.7. The Morgan fingerprint density at radius 2 is 1.96 bits per heavy atom. The van der Waals surface area contributed by atoms with Gasteiger partial charge in [-0.15, -0.1) is 0 Å². The van der Waals surface area contributed by atoms with E-state index in [1.54, 1.807) is 6.08 Å². The molecular formula is C19H17N3O2. The summed E-state index contributed by atoms with van der Waals surface area (Å²) in [6, 6.07) is 14.3. The lowest BCUT2D eigenvalue weighted by Gasteiger charge is -2.13. The third-order valence-corrected chi connectivity index (χ3v) is 4.00. The van der Waals surface area contributed by atoms with E-state index in [1.807, 2.05) is 18.2 Å². The van der Waals surface area contributed by atoms with Crippen molar-refractivity contribution < 1.29 is 14.3 Å². The summed E-state index contributed by atoms with van der Waals surface area (Å²) in [5.74, 6) is -0.536. The minimum atomic E-state index is -0.586. The molecule has 120 valence electrons. The molecule has 2 aromatic carbocycles. The number of ether oxygens (including phenoxy) is 1. The number of primary amides is 1. The second-order valence-corrected chi connectivity index (χ2v) is 5.52. The highest BCUT2D eigenvalue weighted by Gasteiger charge is 2.25. The van der Waals surface area contributed by atoms with Crippen LogP contribution in [0.15, 0.2) is 66.3 Å². The lowest BCUT2D eigenvalue weighted by atomic mass is 10.0. The predicted octanol–water partition coefficient (Wildman–Crippen LogP) is 2.42. The van der Waals surface area contributed by atoms with Crippen LogP contribution in [0, 0.1) is 0 Å². The number of nitrogens with zero attached hydrogens (tertiary/aromatic N) is 2. The first kappa shape index (κ1) is 15.9. The fourth-order valence-electron chi connectivity index (χ4n) is 2.77. The molecule has 2 aromatic rings. The zero-order valence-corrected chi connectivity index (χ0v) is 13.1. The molecule has 0 saturated carbocycles. The Morgan fingerprint density at radius 1 is 1.17 bits per heavy atom. The molecule has 0 aromatic heterocycles. The monoisotopic (exact) mass is 319 g/mol. The summed E-state index contributed by atoms with van der Waals surface area (Å²) in [6.07, 6.45) is 4.74. The standard InChI is InChI=1S/C19H17N3O2/c20-19(23)15-8-9-17(22-21)18(12-15)24-11-10-14-6-3-5-13-4-1-2-7-16(13)14/h1-9,12,18H,10-11H2,(H2,20,23). The molecule has 1 amide bonds. The summed E-state index contributed by atoms with van der Waals surface area (Å²) in [6.45, 7) is 0.425. The summed E-state index contributed by atoms with van der Waals surface area (Å²) < 4.78 is 5.79. The predicted molar refractivity (Wildman–Crippen MR) is 92.4 cm³/mol. The SMILES string of the molecule is [N-]=[N+]=C1C=CC(C(N)=O)=CC1OCCc1cccc2ccccc12. The molecule has 5 nitrogen and oxygen atoms in total. The fourth-order valence-corrected chi connectivity index (χ4v) is 2.77. The molecule has 0 aliphatic heterocycles. The van der Waals surface area contributed by atoms with Gasteiger partial charge in [0.25, 0.3) is 0 Å². The van der Waals surface area contributed by atoms with Crippen LogP contribution in [0.4, 0.5) is 0 Å². The number of hydrogen-bond acceptors (Lipinski definition) is 2. The molecule has 2 N–H and O–H groups in total. The highest BCUT2D eigenvalue weighted by Crippen LogP contribution is 2.19. The molecule has 1 aliphatic rings. The van der Waals surface area contributed by atoms with Gasteiger partial charge in [0, 0.05) is 11.6 Å². The van der Waals surface area contributed by atoms with E-state index in [9.17, 15) is 4.79 Å². The first-order valence-corrected chi connectivity index (χ1v) is 7.69. The largest absolute Gasteiger partial charge is 0.366 e. The normalized spacial score (nSPS) is 16.8. The number of nitrogens with two attached hydrogens (primary N) is 1. The van der Waals surface area contributed by atoms with E-state index >= 15 is 0 Å². The van der Waals surface area contributed by atoms with Crippen LogP contribution >= 0.6 is 0 Å². The van der Waals surface area contributed by atoms with Crippen molar-refractivity contribution in [1.82, 2.24) is 0 Å². The number of rotatable bonds is 5. The van der Waals surface area contributed by atoms with Gasteiger partial charge < -0.3 is 16.0 Å². The van der Waals surface area contributed by atoms with Gasteiger partial charge in [0.15, 0.2) is 6.10 Å². The molecule has 0 spiro atoms. The van der Waals surface area contributed by atoms with Gasteiger partial charge in [0.1, 0.15) is 0 Å². The number of benzene rings is 2. The quantitative estimate of drug-likeness (QED) is 0.677. The van der Waals surface area contributed by atoms with Crippen LogP contribution in [0.2, 0.25) is 0 Å². The van der Waals surface area contributed by atoms with E-state index in [1.165, 1.54) is 28.5 Å². The number of fused-ring (bicyclic) bond motifs is 1. The van der Waals surface area contributed by atoms with Crippen LogP contribution in [-0.2, 0) is 16.0 Å². The van der Waals surface area contributed by atoms with Crippen LogP contribution in [0.1, 0.15) is 5.56 Å². The summed E-state index contributed by atoms with van der Waals surface area (Å²) in [5.41, 5.74) is 16.2. The highest BCUT2D eigenvalue weighted by molar-refractivity contribution is 6.04. The highest BCUT2D eigenvalue weighted by atomic mass is 16.5. The Bertz CT molecular complexity index is 887. The van der Waals surface area contributed by atoms with Gasteiger partial charge in [-0.25, -0.2) is 0 Å². The van der Waals surface area contributed by atoms with Crippen molar-refractivity contribution in [3.63, 3.8) is 0 Å². The van der Waals surface area contributed by atoms with E-state index in [4.69, 9.17) is 16.0 Å². The lowest BCUT2D eigenvalue weighted by molar-refractivity contribution is -0.114. The first-order valence-electron chi connectivity index (χ1n) is 7.69. The maximum atomic E-state index is 11.3. The van der Waals surface area contributed by atoms with E-state index in [0.717, 1.165) is 0 Å². The molecule has 1 unspecified atom stereocenters. The number of amides is 1. The van der Waals surface area contributed by atoms with E-state index < -0.39 is 12.0 Å². The summed E-state index contributed by atoms with van der Waals surface area (Å²) in [5, 5.41) is 2.38. The van der Waals surface area contributed by atoms with Gasteiger partial charge in [-0.05, 0) is 34.9 Å². The number of carbonyl (C=O) groups is 1. The molecule has 0 heterocycles. The van der Waals surface area contributed by atoms with Crippen molar-refractivity contribution in [3.8, 4) is 0 Å². The molecule has 1 aliphatic carbocycles. The van der Waals surface area contributed by atoms with E-state index in [-0.39, 0.29) is 0 Å². The minimum absolute atomic E-state index is 0.345. The van der Waals surface area contributed by atoms with Crippen LogP contribution in [-0.4, -0.2) is 29.1 Å². The fraction of sp³-hybridized carbons (Fsp3) is 0.158. The van der Waals surface area contributed by atoms with Gasteiger partial charge in [-0.3, -0.25) is 4.79 Å². The average Bonchev–Trinajstić information content (AvgIpc) is 2.61. The molecule has 3 rings (SSSR count). The van der Waals surface area contributed by atoms with Gasteiger partial charge in [0.05, 0.1) is 6.61 Å². The van der Waals surface area contributed by atoms with E-state index in [2.05, 4.69) is 29.1 Å². The van der Waals surface area contributed by atoms with Crippen molar-refractivity contribution in [3.05, 3.63) is 77.4 Å². The number of carbonyl (C=O) groups excluding carboxylic acids is 1. The van der Waals surface area contributed by atoms with Crippen LogP contribution in [0.25, 0.3) is 16.3 Å². The lowest BCUT2D eigenvalue weighted by Crippen LogP contribution is -2.28. The Kier molecular flexibility index (Phi) is 4.66. The van der Waals surface area contributed by atoms with Crippen molar-refractivity contribution in [2.45, 2.75) is 12.5 Å². The van der Waals surface area contributed by atoms with Crippen LogP contribution in [0.3, 0.4) is 0 Å². The van der Waals surface area contributed by atoms with Crippen molar-refractivity contribution >= 4 is 22.4 Å². The Hall–Kier alpha value is -3.01. The zero-order chi connectivity index (χ0) is 16.9. The van der Waals surface area contributed by atoms with Gasteiger partial charge >= 0.3 is 5.71 Å². The summed E-state index contributed by atoms with van der Waals surface area (Å²) in [4.78, 5) is 14.5. The van der Waals surface area contributed by atoms with Crippen LogP contribution in [0.5, 0.6) is 0 Å². The van der Waals surface area contributed by atoms with Crippen molar-refractivity contribution in [1.29, 1.82) is 0 Å². The van der Waals surface area contributed by atoms with Gasteiger partial charge in [-0.1, -0.05) is 42.5 Å². The van der Waals surface area contributed by atoms with E-state index in [0.29, 0.717) is 24.3 Å². The Morgan fingerprint density at radius 3 is 2.75 bits per heavy atom. The summed E-state index contributed by atoms with van der Waals surface area (Å²) in [7, 11) is 0. The summed E-state index contributed by atoms with van der Waals surface area (Å²) >= 11 is 0. The van der Waals surface area contributed by atoms with Crippen molar-refractivity contribution in [2.75, 3.05) is 6.61 Å². The molecule has 0 saturated heterocycles. The third-order valence-electron chi connectivity index (χ3n) is 4.00. The topological polar surface area (TPSA) is 88.7 Å². The van der Waals surface area contributed by atoms with Crippen molar-refractivity contribution in [2.24, 2.45) is 5.73 Å². The second-order valence-electron chi connectivity index (χ2n) is 5.52. The maximum Gasteiger partial charge on any atom is 0.324 e. The molecule has 1 atom stereocenters. The smallest absolute Gasteiger partial charge is 0.324 e. The van der Waals surface area contributed by atoms with Crippen LogP contribution < -0.4 is 5.73 Å². The third kappa shape index (κ3) is 3.33. The average molecular weight is 319 g/mol.